The van der Waals surface area contributed by atoms with Crippen molar-refractivity contribution in [3.05, 3.63) is 17.8 Å². The quantitative estimate of drug-likeness (QED) is 0.748. The van der Waals surface area contributed by atoms with Crippen LogP contribution in [0.15, 0.2) is 6.20 Å². The standard InChI is InChI=1S/C11H16N4S/c1-6(16)8-13-7-5-12-10(11(2,3)4)15-9(7)14-8/h5-6,16H,1-4H3,(H,12,13,14,15). The van der Waals surface area contributed by atoms with Crippen LogP contribution in [0.3, 0.4) is 0 Å². The first-order chi connectivity index (χ1) is 7.38. The fraction of sp³-hybridized carbons (Fsp3) is 0.545. The van der Waals surface area contributed by atoms with Crippen LogP contribution < -0.4 is 0 Å². The molecule has 2 heterocycles. The molecule has 5 heteroatoms. The number of hydrogen-bond donors (Lipinski definition) is 2. The molecule has 0 spiro atoms. The molecule has 0 radical (unpaired) electrons. The molecule has 86 valence electrons. The van der Waals surface area contributed by atoms with Crippen LogP contribution in [-0.2, 0) is 5.41 Å². The lowest BCUT2D eigenvalue weighted by Gasteiger charge is -2.15. The van der Waals surface area contributed by atoms with Gasteiger partial charge in [0.15, 0.2) is 5.65 Å². The smallest absolute Gasteiger partial charge is 0.181 e. The molecule has 1 N–H and O–H groups in total. The summed E-state index contributed by atoms with van der Waals surface area (Å²) in [5.41, 5.74) is 1.53. The highest BCUT2D eigenvalue weighted by Gasteiger charge is 2.18. The van der Waals surface area contributed by atoms with Gasteiger partial charge in [-0.1, -0.05) is 20.8 Å². The van der Waals surface area contributed by atoms with Gasteiger partial charge in [0.2, 0.25) is 0 Å². The first kappa shape index (κ1) is 11.4. The van der Waals surface area contributed by atoms with Crippen LogP contribution in [0.1, 0.15) is 44.6 Å². The SMILES string of the molecule is CC(S)c1nc2nc(C(C)(C)C)ncc2[nH]1. The third-order valence-electron chi connectivity index (χ3n) is 2.32. The molecule has 2 aromatic rings. The summed E-state index contributed by atoms with van der Waals surface area (Å²) in [6, 6.07) is 0. The van der Waals surface area contributed by atoms with Gasteiger partial charge in [0.25, 0.3) is 0 Å². The van der Waals surface area contributed by atoms with Crippen LogP contribution in [0.5, 0.6) is 0 Å². The molecule has 0 bridgehead atoms. The Morgan fingerprint density at radius 1 is 1.31 bits per heavy atom. The van der Waals surface area contributed by atoms with Gasteiger partial charge in [0, 0.05) is 5.41 Å². The van der Waals surface area contributed by atoms with E-state index in [1.54, 1.807) is 6.20 Å². The highest BCUT2D eigenvalue weighted by molar-refractivity contribution is 7.80. The van der Waals surface area contributed by atoms with Gasteiger partial charge in [-0.15, -0.1) is 0 Å². The average Bonchev–Trinajstić information content (AvgIpc) is 2.58. The fourth-order valence-corrected chi connectivity index (χ4v) is 1.51. The van der Waals surface area contributed by atoms with E-state index in [0.29, 0.717) is 0 Å². The van der Waals surface area contributed by atoms with E-state index in [4.69, 9.17) is 0 Å². The molecule has 4 nitrogen and oxygen atoms in total. The first-order valence-corrected chi connectivity index (χ1v) is 5.81. The van der Waals surface area contributed by atoms with Crippen molar-refractivity contribution in [2.45, 2.75) is 38.4 Å². The van der Waals surface area contributed by atoms with E-state index in [-0.39, 0.29) is 10.7 Å². The summed E-state index contributed by atoms with van der Waals surface area (Å²) in [4.78, 5) is 16.4. The molecule has 0 aliphatic rings. The Labute approximate surface area is 100 Å². The molecule has 0 aromatic carbocycles. The Morgan fingerprint density at radius 2 is 2.00 bits per heavy atom. The topological polar surface area (TPSA) is 54.5 Å². The molecule has 1 atom stereocenters. The number of aromatic amines is 1. The minimum Gasteiger partial charge on any atom is -0.338 e. The van der Waals surface area contributed by atoms with Gasteiger partial charge in [0.1, 0.15) is 17.2 Å². The molecular formula is C11H16N4S. The Bertz CT molecular complexity index is 510. The van der Waals surface area contributed by atoms with E-state index < -0.39 is 0 Å². The number of thiol groups is 1. The second-order valence-corrected chi connectivity index (χ2v) is 5.75. The molecule has 2 aromatic heterocycles. The number of nitrogens with zero attached hydrogens (tertiary/aromatic N) is 3. The lowest BCUT2D eigenvalue weighted by Crippen LogP contribution is -2.15. The van der Waals surface area contributed by atoms with E-state index in [1.807, 2.05) is 6.92 Å². The number of H-pyrrole nitrogens is 1. The van der Waals surface area contributed by atoms with E-state index in [1.165, 1.54) is 0 Å². The Balaban J connectivity index is 2.54. The molecule has 0 saturated heterocycles. The van der Waals surface area contributed by atoms with Gasteiger partial charge in [0.05, 0.1) is 11.4 Å². The highest BCUT2D eigenvalue weighted by Crippen LogP contribution is 2.22. The van der Waals surface area contributed by atoms with Gasteiger partial charge < -0.3 is 4.98 Å². The zero-order chi connectivity index (χ0) is 11.9. The lowest BCUT2D eigenvalue weighted by molar-refractivity contribution is 0.548. The number of aromatic nitrogens is 4. The maximum atomic E-state index is 4.46. The van der Waals surface area contributed by atoms with Crippen molar-refractivity contribution in [3.8, 4) is 0 Å². The zero-order valence-corrected chi connectivity index (χ0v) is 10.8. The summed E-state index contributed by atoms with van der Waals surface area (Å²) in [5.74, 6) is 1.64. The van der Waals surface area contributed by atoms with Crippen molar-refractivity contribution in [2.24, 2.45) is 0 Å². The third kappa shape index (κ3) is 2.04. The number of imidazole rings is 1. The number of hydrogen-bond acceptors (Lipinski definition) is 4. The van der Waals surface area contributed by atoms with Gasteiger partial charge in [-0.05, 0) is 6.92 Å². The predicted molar refractivity (Wildman–Crippen MR) is 67.8 cm³/mol. The second kappa shape index (κ2) is 3.73. The number of rotatable bonds is 1. The van der Waals surface area contributed by atoms with Crippen LogP contribution >= 0.6 is 12.6 Å². The maximum absolute atomic E-state index is 4.46. The van der Waals surface area contributed by atoms with Crippen LogP contribution in [0.25, 0.3) is 11.2 Å². The van der Waals surface area contributed by atoms with Gasteiger partial charge in [-0.2, -0.15) is 12.6 Å². The van der Waals surface area contributed by atoms with E-state index in [2.05, 4.69) is 53.3 Å². The molecule has 0 aliphatic heterocycles. The first-order valence-electron chi connectivity index (χ1n) is 5.29. The summed E-state index contributed by atoms with van der Waals surface area (Å²) >= 11 is 4.34. The molecule has 0 aliphatic carbocycles. The van der Waals surface area contributed by atoms with Crippen LogP contribution in [-0.4, -0.2) is 19.9 Å². The van der Waals surface area contributed by atoms with Crippen molar-refractivity contribution >= 4 is 23.8 Å². The number of nitrogens with one attached hydrogen (secondary N) is 1. The molecule has 16 heavy (non-hydrogen) atoms. The average molecular weight is 236 g/mol. The highest BCUT2D eigenvalue weighted by atomic mass is 32.1. The van der Waals surface area contributed by atoms with Crippen molar-refractivity contribution in [1.29, 1.82) is 0 Å². The minimum absolute atomic E-state index is 0.0557. The largest absolute Gasteiger partial charge is 0.338 e. The van der Waals surface area contributed by atoms with Crippen LogP contribution in [0.2, 0.25) is 0 Å². The zero-order valence-electron chi connectivity index (χ0n) is 9.94. The Kier molecular flexibility index (Phi) is 2.66. The molecular weight excluding hydrogens is 220 g/mol. The van der Waals surface area contributed by atoms with Crippen molar-refractivity contribution in [1.82, 2.24) is 19.9 Å². The van der Waals surface area contributed by atoms with Crippen molar-refractivity contribution in [3.63, 3.8) is 0 Å². The molecule has 0 saturated carbocycles. The van der Waals surface area contributed by atoms with E-state index in [0.717, 1.165) is 22.8 Å². The normalized spacial score (nSPS) is 14.3. The summed E-state index contributed by atoms with van der Waals surface area (Å²) < 4.78 is 0. The summed E-state index contributed by atoms with van der Waals surface area (Å²) in [6.07, 6.45) is 1.79. The monoisotopic (exact) mass is 236 g/mol. The molecule has 1 unspecified atom stereocenters. The van der Waals surface area contributed by atoms with Crippen molar-refractivity contribution in [2.75, 3.05) is 0 Å². The second-order valence-electron chi connectivity index (χ2n) is 4.98. The van der Waals surface area contributed by atoms with Crippen molar-refractivity contribution < 1.29 is 0 Å². The minimum atomic E-state index is -0.0557. The maximum Gasteiger partial charge on any atom is 0.181 e. The predicted octanol–water partition coefficient (Wildman–Crippen LogP) is 2.64. The van der Waals surface area contributed by atoms with Crippen LogP contribution in [0, 0.1) is 0 Å². The summed E-state index contributed by atoms with van der Waals surface area (Å²) in [7, 11) is 0. The van der Waals surface area contributed by atoms with Gasteiger partial charge in [-0.3, -0.25) is 0 Å². The van der Waals surface area contributed by atoms with Gasteiger partial charge >= 0.3 is 0 Å². The Morgan fingerprint density at radius 3 is 2.56 bits per heavy atom. The fourth-order valence-electron chi connectivity index (χ4n) is 1.39. The number of fused-ring (bicyclic) bond motifs is 1. The Hall–Kier alpha value is -1.10. The van der Waals surface area contributed by atoms with Gasteiger partial charge in [-0.25, -0.2) is 15.0 Å². The van der Waals surface area contributed by atoms with Crippen LogP contribution in [0.4, 0.5) is 0 Å². The molecule has 0 fully saturated rings. The molecule has 0 amide bonds. The van der Waals surface area contributed by atoms with E-state index in [9.17, 15) is 0 Å². The third-order valence-corrected chi connectivity index (χ3v) is 2.57. The van der Waals surface area contributed by atoms with E-state index >= 15 is 0 Å². The lowest BCUT2D eigenvalue weighted by atomic mass is 9.96. The summed E-state index contributed by atoms with van der Waals surface area (Å²) in [6.45, 7) is 8.23. The molecule has 2 rings (SSSR count). The summed E-state index contributed by atoms with van der Waals surface area (Å²) in [5, 5.41) is 0.0762.